The van der Waals surface area contributed by atoms with E-state index in [0.717, 1.165) is 5.69 Å². The lowest BCUT2D eigenvalue weighted by molar-refractivity contribution is 0.352. The van der Waals surface area contributed by atoms with Crippen LogP contribution in [0.5, 0.6) is 0 Å². The molecule has 0 aliphatic rings. The molecule has 0 heterocycles. The summed E-state index contributed by atoms with van der Waals surface area (Å²) in [6, 6.07) is 9.49. The van der Waals surface area contributed by atoms with Crippen LogP contribution in [0.2, 0.25) is 0 Å². The second kappa shape index (κ2) is 6.71. The normalized spacial score (nSPS) is 10.8. The monoisotopic (exact) mass is 341 g/mol. The summed E-state index contributed by atoms with van der Waals surface area (Å²) in [4.78, 5) is -2.26. The van der Waals surface area contributed by atoms with Gasteiger partial charge in [-0.05, 0) is 12.1 Å². The zero-order valence-electron chi connectivity index (χ0n) is 10.5. The average molecular weight is 341 g/mol. The van der Waals surface area contributed by atoms with Crippen LogP contribution in [-0.4, -0.2) is 13.0 Å². The van der Waals surface area contributed by atoms with Crippen molar-refractivity contribution in [1.82, 2.24) is 0 Å². The van der Waals surface area contributed by atoms with E-state index in [2.05, 4.69) is 0 Å². The van der Waals surface area contributed by atoms with Crippen LogP contribution in [0.1, 0.15) is 0 Å². The maximum Gasteiger partial charge on any atom is 0.300 e. The molecule has 0 amide bonds. The van der Waals surface area contributed by atoms with Gasteiger partial charge >= 0.3 is 10.1 Å². The van der Waals surface area contributed by atoms with Gasteiger partial charge in [0.1, 0.15) is 0 Å². The molecule has 2 aromatic carbocycles. The summed E-state index contributed by atoms with van der Waals surface area (Å²) < 4.78 is 91.3. The molecule has 0 bridgehead atoms. The highest BCUT2D eigenvalue weighted by molar-refractivity contribution is 7.85. The predicted octanol–water partition coefficient (Wildman–Crippen LogP) is 2.90. The van der Waals surface area contributed by atoms with E-state index < -0.39 is 44.1 Å². The first-order valence-corrected chi connectivity index (χ1v) is 6.80. The van der Waals surface area contributed by atoms with E-state index in [9.17, 15) is 30.4 Å². The zero-order valence-corrected chi connectivity index (χ0v) is 11.3. The molecule has 0 fully saturated rings. The minimum absolute atomic E-state index is 0.822. The molecular weight excluding hydrogens is 333 g/mol. The standard InChI is InChI=1S/C6HF5O3S.C6H7N/c7-1-2(8)4(10)6(15(12,13)14)5(11)3(1)9;7-6-4-2-1-3-5-6/h(H,12,13,14);1-5H,7H2. The zero-order chi connectivity index (χ0) is 17.1. The van der Waals surface area contributed by atoms with Crippen molar-refractivity contribution in [3.8, 4) is 0 Å². The summed E-state index contributed by atoms with van der Waals surface area (Å²) in [7, 11) is -5.52. The topological polar surface area (TPSA) is 80.4 Å². The van der Waals surface area contributed by atoms with Crippen molar-refractivity contribution in [3.63, 3.8) is 0 Å². The average Bonchev–Trinajstić information content (AvgIpc) is 2.43. The highest BCUT2D eigenvalue weighted by atomic mass is 32.2. The highest BCUT2D eigenvalue weighted by Gasteiger charge is 2.32. The molecule has 22 heavy (non-hydrogen) atoms. The SMILES string of the molecule is Nc1ccccc1.O=S(=O)(O)c1c(F)c(F)c(F)c(F)c1F. The lowest BCUT2D eigenvalue weighted by Gasteiger charge is -2.04. The van der Waals surface area contributed by atoms with Crippen LogP contribution < -0.4 is 5.73 Å². The molecular formula is C12H8F5NO3S. The van der Waals surface area contributed by atoms with Crippen LogP contribution in [0.25, 0.3) is 0 Å². The summed E-state index contributed by atoms with van der Waals surface area (Å²) in [5.41, 5.74) is 6.18. The summed E-state index contributed by atoms with van der Waals surface area (Å²) >= 11 is 0. The molecule has 120 valence electrons. The Labute approximate surface area is 121 Å². The largest absolute Gasteiger partial charge is 0.399 e. The van der Waals surface area contributed by atoms with Crippen molar-refractivity contribution in [1.29, 1.82) is 0 Å². The van der Waals surface area contributed by atoms with E-state index >= 15 is 0 Å². The smallest absolute Gasteiger partial charge is 0.300 e. The van der Waals surface area contributed by atoms with E-state index in [0.29, 0.717) is 0 Å². The number of rotatable bonds is 1. The molecule has 0 unspecified atom stereocenters. The van der Waals surface area contributed by atoms with Gasteiger partial charge in [-0.1, -0.05) is 18.2 Å². The van der Waals surface area contributed by atoms with Gasteiger partial charge in [0.25, 0.3) is 0 Å². The Kier molecular flexibility index (Phi) is 5.44. The first-order chi connectivity index (χ1) is 10.1. The Morgan fingerprint density at radius 2 is 1.14 bits per heavy atom. The number of halogens is 5. The van der Waals surface area contributed by atoms with Crippen molar-refractivity contribution in [2.24, 2.45) is 0 Å². The molecule has 0 saturated carbocycles. The van der Waals surface area contributed by atoms with Gasteiger partial charge in [-0.15, -0.1) is 0 Å². The van der Waals surface area contributed by atoms with E-state index in [4.69, 9.17) is 10.3 Å². The Hall–Kier alpha value is -2.20. The van der Waals surface area contributed by atoms with Gasteiger partial charge in [0, 0.05) is 5.69 Å². The Balaban J connectivity index is 0.000000287. The second-order valence-electron chi connectivity index (χ2n) is 3.78. The summed E-state index contributed by atoms with van der Waals surface area (Å²) in [6.45, 7) is 0. The maximum absolute atomic E-state index is 12.6. The molecule has 0 atom stereocenters. The fourth-order valence-electron chi connectivity index (χ4n) is 1.26. The number of anilines is 1. The molecule has 0 saturated heterocycles. The molecule has 0 radical (unpaired) electrons. The lowest BCUT2D eigenvalue weighted by Crippen LogP contribution is -2.11. The minimum atomic E-state index is -5.52. The molecule has 0 aliphatic carbocycles. The summed E-state index contributed by atoms with van der Waals surface area (Å²) in [5, 5.41) is 0. The van der Waals surface area contributed by atoms with Crippen molar-refractivity contribution in [2.45, 2.75) is 4.90 Å². The maximum atomic E-state index is 12.6. The summed E-state index contributed by atoms with van der Waals surface area (Å²) in [6.07, 6.45) is 0. The number of hydrogen-bond donors (Lipinski definition) is 2. The molecule has 0 aliphatic heterocycles. The van der Waals surface area contributed by atoms with Gasteiger partial charge in [0.2, 0.25) is 5.82 Å². The van der Waals surface area contributed by atoms with Crippen molar-refractivity contribution in [2.75, 3.05) is 5.73 Å². The second-order valence-corrected chi connectivity index (χ2v) is 5.14. The first-order valence-electron chi connectivity index (χ1n) is 5.36. The van der Waals surface area contributed by atoms with Gasteiger partial charge in [-0.3, -0.25) is 4.55 Å². The Bertz CT molecular complexity index is 752. The molecule has 3 N–H and O–H groups in total. The van der Waals surface area contributed by atoms with Gasteiger partial charge in [-0.25, -0.2) is 22.0 Å². The fraction of sp³-hybridized carbons (Fsp3) is 0. The third-order valence-electron chi connectivity index (χ3n) is 2.23. The first kappa shape index (κ1) is 17.9. The number of nitrogen functional groups attached to an aromatic ring is 1. The molecule has 4 nitrogen and oxygen atoms in total. The number of hydrogen-bond acceptors (Lipinski definition) is 3. The van der Waals surface area contributed by atoms with E-state index in [-0.39, 0.29) is 0 Å². The van der Waals surface area contributed by atoms with Crippen LogP contribution in [0, 0.1) is 29.1 Å². The van der Waals surface area contributed by atoms with Gasteiger partial charge < -0.3 is 5.73 Å². The van der Waals surface area contributed by atoms with E-state index in [1.165, 1.54) is 0 Å². The van der Waals surface area contributed by atoms with Crippen molar-refractivity contribution in [3.05, 3.63) is 59.4 Å². The molecule has 2 rings (SSSR count). The molecule has 0 spiro atoms. The fourth-order valence-corrected chi connectivity index (χ4v) is 1.90. The Morgan fingerprint density at radius 3 is 1.41 bits per heavy atom. The predicted molar refractivity (Wildman–Crippen MR) is 66.9 cm³/mol. The number of benzene rings is 2. The third-order valence-corrected chi connectivity index (χ3v) is 3.10. The van der Waals surface area contributed by atoms with Gasteiger partial charge in [0.05, 0.1) is 0 Å². The molecule has 0 aromatic heterocycles. The Morgan fingerprint density at radius 1 is 0.773 bits per heavy atom. The van der Waals surface area contributed by atoms with Gasteiger partial charge in [-0.2, -0.15) is 8.42 Å². The molecule has 10 heteroatoms. The van der Waals surface area contributed by atoms with Crippen LogP contribution in [0.3, 0.4) is 0 Å². The quantitative estimate of drug-likeness (QED) is 0.275. The van der Waals surface area contributed by atoms with E-state index in [1.807, 2.05) is 30.3 Å². The molecule has 2 aromatic rings. The van der Waals surface area contributed by atoms with E-state index in [1.54, 1.807) is 0 Å². The van der Waals surface area contributed by atoms with Gasteiger partial charge in [0.15, 0.2) is 28.2 Å². The highest BCUT2D eigenvalue weighted by Crippen LogP contribution is 2.26. The summed E-state index contributed by atoms with van der Waals surface area (Å²) in [5.74, 6) is -12.6. The van der Waals surface area contributed by atoms with Crippen LogP contribution in [-0.2, 0) is 10.1 Å². The van der Waals surface area contributed by atoms with Crippen molar-refractivity contribution >= 4 is 15.8 Å². The lowest BCUT2D eigenvalue weighted by atomic mass is 10.3. The number of para-hydroxylation sites is 1. The third kappa shape index (κ3) is 3.92. The van der Waals surface area contributed by atoms with Crippen LogP contribution in [0.15, 0.2) is 35.2 Å². The van der Waals surface area contributed by atoms with Crippen LogP contribution in [0.4, 0.5) is 27.6 Å². The number of nitrogens with two attached hydrogens (primary N) is 1. The minimum Gasteiger partial charge on any atom is -0.399 e. The van der Waals surface area contributed by atoms with Crippen LogP contribution >= 0.6 is 0 Å². The van der Waals surface area contributed by atoms with Crippen molar-refractivity contribution < 1.29 is 34.9 Å².